The molecular weight excluding hydrogens is 402 g/mol. The molecule has 0 spiro atoms. The van der Waals surface area contributed by atoms with Crippen LogP contribution < -0.4 is 10.1 Å². The number of benzene rings is 1. The van der Waals surface area contributed by atoms with Gasteiger partial charge in [0.15, 0.2) is 0 Å². The van der Waals surface area contributed by atoms with Gasteiger partial charge in [-0.15, -0.1) is 5.10 Å². The SMILES string of the molecule is Cc1ccccc1OCCNC(=O)C1CN(C(=O)c2snnc2C(C)C)CCN1C. The Balaban J connectivity index is 1.54. The van der Waals surface area contributed by atoms with Crippen molar-refractivity contribution in [1.29, 1.82) is 0 Å². The first-order valence-electron chi connectivity index (χ1n) is 10.2. The third kappa shape index (κ3) is 5.14. The van der Waals surface area contributed by atoms with Gasteiger partial charge in [0.05, 0.1) is 12.2 Å². The van der Waals surface area contributed by atoms with Crippen molar-refractivity contribution in [3.63, 3.8) is 0 Å². The fourth-order valence-electron chi connectivity index (χ4n) is 3.38. The van der Waals surface area contributed by atoms with E-state index in [4.69, 9.17) is 4.74 Å². The van der Waals surface area contributed by atoms with Gasteiger partial charge in [0.25, 0.3) is 5.91 Å². The van der Waals surface area contributed by atoms with Gasteiger partial charge in [-0.1, -0.05) is 36.5 Å². The van der Waals surface area contributed by atoms with E-state index >= 15 is 0 Å². The second-order valence-corrected chi connectivity index (χ2v) is 8.55. The molecule has 1 aliphatic heterocycles. The Morgan fingerprint density at radius 2 is 2.07 bits per heavy atom. The monoisotopic (exact) mass is 431 g/mol. The first kappa shape index (κ1) is 22.2. The Morgan fingerprint density at radius 1 is 1.30 bits per heavy atom. The zero-order valence-corrected chi connectivity index (χ0v) is 18.7. The number of amides is 2. The van der Waals surface area contributed by atoms with Gasteiger partial charge >= 0.3 is 0 Å². The summed E-state index contributed by atoms with van der Waals surface area (Å²) >= 11 is 1.12. The molecular formula is C21H29N5O3S. The highest BCUT2D eigenvalue weighted by Crippen LogP contribution is 2.22. The quantitative estimate of drug-likeness (QED) is 0.674. The third-order valence-electron chi connectivity index (χ3n) is 5.24. The summed E-state index contributed by atoms with van der Waals surface area (Å²) in [4.78, 5) is 30.0. The predicted octanol–water partition coefficient (Wildman–Crippen LogP) is 1.92. The Labute approximate surface area is 181 Å². The number of nitrogens with zero attached hydrogens (tertiary/aromatic N) is 4. The first-order valence-corrected chi connectivity index (χ1v) is 10.9. The summed E-state index contributed by atoms with van der Waals surface area (Å²) in [6.45, 7) is 8.31. The van der Waals surface area contributed by atoms with Gasteiger partial charge in [0.1, 0.15) is 23.3 Å². The van der Waals surface area contributed by atoms with Crippen LogP contribution >= 0.6 is 11.5 Å². The maximum Gasteiger partial charge on any atom is 0.267 e. The van der Waals surface area contributed by atoms with Gasteiger partial charge in [-0.3, -0.25) is 14.5 Å². The Kier molecular flexibility index (Phi) is 7.38. The summed E-state index contributed by atoms with van der Waals surface area (Å²) in [5.74, 6) is 0.748. The van der Waals surface area contributed by atoms with Crippen LogP contribution in [0.15, 0.2) is 24.3 Å². The van der Waals surface area contributed by atoms with Crippen LogP contribution in [0.5, 0.6) is 5.75 Å². The zero-order chi connectivity index (χ0) is 21.7. The predicted molar refractivity (Wildman–Crippen MR) is 116 cm³/mol. The molecule has 0 bridgehead atoms. The van der Waals surface area contributed by atoms with E-state index in [1.54, 1.807) is 4.90 Å². The molecule has 0 aliphatic carbocycles. The minimum absolute atomic E-state index is 0.0949. The number of likely N-dealkylation sites (N-methyl/N-ethyl adjacent to an activating group) is 1. The molecule has 1 fully saturated rings. The molecule has 2 aromatic rings. The fraction of sp³-hybridized carbons (Fsp3) is 0.524. The van der Waals surface area contributed by atoms with Crippen LogP contribution in [-0.4, -0.2) is 77.1 Å². The molecule has 0 radical (unpaired) electrons. The van der Waals surface area contributed by atoms with Gasteiger partial charge < -0.3 is 15.0 Å². The highest BCUT2D eigenvalue weighted by molar-refractivity contribution is 7.08. The van der Waals surface area contributed by atoms with E-state index in [0.717, 1.165) is 28.5 Å². The highest BCUT2D eigenvalue weighted by Gasteiger charge is 2.34. The van der Waals surface area contributed by atoms with Crippen molar-refractivity contribution in [3.8, 4) is 5.75 Å². The van der Waals surface area contributed by atoms with E-state index < -0.39 is 6.04 Å². The molecule has 30 heavy (non-hydrogen) atoms. The molecule has 3 rings (SSSR count). The van der Waals surface area contributed by atoms with Gasteiger partial charge in [-0.2, -0.15) is 0 Å². The molecule has 1 atom stereocenters. The molecule has 1 aromatic carbocycles. The van der Waals surface area contributed by atoms with Crippen LogP contribution in [0.25, 0.3) is 0 Å². The van der Waals surface area contributed by atoms with Gasteiger partial charge in [0.2, 0.25) is 5.91 Å². The summed E-state index contributed by atoms with van der Waals surface area (Å²) in [6.07, 6.45) is 0. The van der Waals surface area contributed by atoms with Crippen LogP contribution in [0.4, 0.5) is 0 Å². The van der Waals surface area contributed by atoms with E-state index in [1.165, 1.54) is 0 Å². The van der Waals surface area contributed by atoms with Gasteiger partial charge in [0, 0.05) is 19.6 Å². The Morgan fingerprint density at radius 3 is 2.80 bits per heavy atom. The molecule has 1 saturated heterocycles. The standard InChI is InChI=1S/C21H29N5O3S/c1-14(2)18-19(30-24-23-18)21(28)26-11-10-25(4)16(13-26)20(27)22-9-12-29-17-8-6-5-7-15(17)3/h5-8,14,16H,9-13H2,1-4H3,(H,22,27). The van der Waals surface area contributed by atoms with Crippen molar-refractivity contribution in [2.24, 2.45) is 0 Å². The number of nitrogens with one attached hydrogen (secondary N) is 1. The molecule has 1 unspecified atom stereocenters. The van der Waals surface area contributed by atoms with Crippen LogP contribution in [0.2, 0.25) is 0 Å². The maximum absolute atomic E-state index is 13.0. The lowest BCUT2D eigenvalue weighted by Gasteiger charge is -2.38. The molecule has 9 heteroatoms. The fourth-order valence-corrected chi connectivity index (χ4v) is 4.17. The molecule has 0 saturated carbocycles. The summed E-state index contributed by atoms with van der Waals surface area (Å²) in [5.41, 5.74) is 1.78. The van der Waals surface area contributed by atoms with Crippen molar-refractivity contribution in [1.82, 2.24) is 24.7 Å². The molecule has 1 aromatic heterocycles. The van der Waals surface area contributed by atoms with Crippen molar-refractivity contribution in [3.05, 3.63) is 40.4 Å². The van der Waals surface area contributed by atoms with Crippen LogP contribution in [-0.2, 0) is 4.79 Å². The van der Waals surface area contributed by atoms with Crippen LogP contribution in [0.3, 0.4) is 0 Å². The summed E-state index contributed by atoms with van der Waals surface area (Å²) < 4.78 is 9.69. The number of ether oxygens (including phenoxy) is 1. The van der Waals surface area contributed by atoms with E-state index in [1.807, 2.05) is 57.0 Å². The second-order valence-electron chi connectivity index (χ2n) is 7.79. The van der Waals surface area contributed by atoms with Crippen molar-refractivity contribution in [2.75, 3.05) is 39.8 Å². The summed E-state index contributed by atoms with van der Waals surface area (Å²) in [6, 6.07) is 7.38. The number of para-hydroxylation sites is 1. The molecule has 1 aliphatic rings. The zero-order valence-electron chi connectivity index (χ0n) is 17.9. The van der Waals surface area contributed by atoms with Crippen LogP contribution in [0, 0.1) is 6.92 Å². The smallest absolute Gasteiger partial charge is 0.267 e. The Bertz CT molecular complexity index is 885. The number of piperazine rings is 1. The van der Waals surface area contributed by atoms with E-state index in [-0.39, 0.29) is 17.7 Å². The van der Waals surface area contributed by atoms with Crippen molar-refractivity contribution in [2.45, 2.75) is 32.7 Å². The second kappa shape index (κ2) is 9.99. The lowest BCUT2D eigenvalue weighted by molar-refractivity contribution is -0.127. The first-order chi connectivity index (χ1) is 14.4. The lowest BCUT2D eigenvalue weighted by atomic mass is 10.1. The average molecular weight is 432 g/mol. The van der Waals surface area contributed by atoms with Crippen molar-refractivity contribution < 1.29 is 14.3 Å². The minimum Gasteiger partial charge on any atom is -0.491 e. The number of hydrogen-bond donors (Lipinski definition) is 1. The minimum atomic E-state index is -0.399. The number of aryl methyl sites for hydroxylation is 1. The van der Waals surface area contributed by atoms with E-state index in [0.29, 0.717) is 37.7 Å². The molecule has 1 N–H and O–H groups in total. The topological polar surface area (TPSA) is 87.7 Å². The van der Waals surface area contributed by atoms with Crippen LogP contribution in [0.1, 0.15) is 40.7 Å². The van der Waals surface area contributed by atoms with Crippen molar-refractivity contribution >= 4 is 23.3 Å². The summed E-state index contributed by atoms with van der Waals surface area (Å²) in [5, 5.41) is 7.03. The lowest BCUT2D eigenvalue weighted by Crippen LogP contribution is -2.59. The third-order valence-corrected chi connectivity index (χ3v) is 5.97. The number of rotatable bonds is 7. The highest BCUT2D eigenvalue weighted by atomic mass is 32.1. The number of carbonyl (C=O) groups excluding carboxylic acids is 2. The van der Waals surface area contributed by atoms with E-state index in [9.17, 15) is 9.59 Å². The maximum atomic E-state index is 13.0. The van der Waals surface area contributed by atoms with E-state index in [2.05, 4.69) is 14.9 Å². The molecule has 162 valence electrons. The van der Waals surface area contributed by atoms with Gasteiger partial charge in [-0.25, -0.2) is 0 Å². The largest absolute Gasteiger partial charge is 0.491 e. The molecule has 2 heterocycles. The normalized spacial score (nSPS) is 17.2. The average Bonchev–Trinajstić information content (AvgIpc) is 3.22. The van der Waals surface area contributed by atoms with Gasteiger partial charge in [-0.05, 0) is 43.1 Å². The molecule has 2 amide bonds. The number of aromatic nitrogens is 2. The Hall–Kier alpha value is -2.52. The number of hydrogen-bond acceptors (Lipinski definition) is 7. The summed E-state index contributed by atoms with van der Waals surface area (Å²) in [7, 11) is 1.91. The number of carbonyl (C=O) groups is 2. The molecule has 8 nitrogen and oxygen atoms in total.